The number of anilines is 1. The second-order valence-electron chi connectivity index (χ2n) is 5.26. The van der Waals surface area contributed by atoms with E-state index >= 15 is 0 Å². The van der Waals surface area contributed by atoms with Gasteiger partial charge >= 0.3 is 0 Å². The predicted molar refractivity (Wildman–Crippen MR) is 95.3 cm³/mol. The van der Waals surface area contributed by atoms with Crippen LogP contribution in [0.1, 0.15) is 5.56 Å². The maximum atomic E-state index is 12.2. The first-order valence-corrected chi connectivity index (χ1v) is 8.98. The summed E-state index contributed by atoms with van der Waals surface area (Å²) < 4.78 is 13.9. The van der Waals surface area contributed by atoms with E-state index < -0.39 is 10.8 Å². The molecule has 1 amide bonds. The summed E-state index contributed by atoms with van der Waals surface area (Å²) in [5.74, 6) is 0.0879. The quantitative estimate of drug-likeness (QED) is 0.751. The Labute approximate surface area is 142 Å². The molecule has 3 rings (SSSR count). The van der Waals surface area contributed by atoms with Gasteiger partial charge in [0.25, 0.3) is 0 Å². The average Bonchev–Trinajstić information content (AvgIpc) is 3.10. The molecule has 0 unspecified atom stereocenters. The lowest BCUT2D eigenvalue weighted by Crippen LogP contribution is -2.20. The topological polar surface area (TPSA) is 64.0 Å². The number of para-hydroxylation sites is 1. The van der Waals surface area contributed by atoms with Gasteiger partial charge in [0.1, 0.15) is 5.75 Å². The van der Waals surface area contributed by atoms with Crippen LogP contribution in [0.5, 0.6) is 0 Å². The number of aromatic nitrogens is 2. The highest BCUT2D eigenvalue weighted by Crippen LogP contribution is 2.11. The van der Waals surface area contributed by atoms with Gasteiger partial charge in [0, 0.05) is 34.6 Å². The molecule has 0 bridgehead atoms. The maximum absolute atomic E-state index is 12.2. The van der Waals surface area contributed by atoms with Gasteiger partial charge in [0.2, 0.25) is 5.91 Å². The fraction of sp³-hybridized carbons (Fsp3) is 0.111. The van der Waals surface area contributed by atoms with Gasteiger partial charge in [0.05, 0.1) is 5.69 Å². The van der Waals surface area contributed by atoms with Gasteiger partial charge in [-0.15, -0.1) is 0 Å². The Morgan fingerprint density at radius 3 is 2.46 bits per heavy atom. The fourth-order valence-corrected chi connectivity index (χ4v) is 3.30. The standard InChI is InChI=1S/C18H17N3O2S/c22-18(20-16-5-2-1-3-6-16)14-24(23)13-15-7-9-17(10-8-15)21-12-4-11-19-21/h1-12H,13-14H2,(H,20,22)/t24-/m1/s1. The molecule has 5 nitrogen and oxygen atoms in total. The van der Waals surface area contributed by atoms with Crippen LogP contribution in [0.15, 0.2) is 73.1 Å². The Bertz CT molecular complexity index is 815. The van der Waals surface area contributed by atoms with Crippen LogP contribution in [0.2, 0.25) is 0 Å². The molecule has 0 aliphatic carbocycles. The first kappa shape index (κ1) is 16.1. The molecule has 0 fully saturated rings. The SMILES string of the molecule is O=C(C[S@](=O)Cc1ccc(-n2cccn2)cc1)Nc1ccccc1. The highest BCUT2D eigenvalue weighted by Gasteiger charge is 2.09. The number of hydrogen-bond donors (Lipinski definition) is 1. The molecule has 122 valence electrons. The second kappa shape index (κ2) is 7.70. The minimum absolute atomic E-state index is 0.0181. The van der Waals surface area contributed by atoms with E-state index in [-0.39, 0.29) is 11.7 Å². The van der Waals surface area contributed by atoms with Crippen molar-refractivity contribution < 1.29 is 9.00 Å². The van der Waals surface area contributed by atoms with Gasteiger partial charge in [0.15, 0.2) is 0 Å². The minimum atomic E-state index is -1.25. The van der Waals surface area contributed by atoms with Crippen LogP contribution < -0.4 is 5.32 Å². The molecule has 0 radical (unpaired) electrons. The zero-order valence-corrected chi connectivity index (χ0v) is 13.8. The van der Waals surface area contributed by atoms with Crippen molar-refractivity contribution in [1.29, 1.82) is 0 Å². The summed E-state index contributed by atoms with van der Waals surface area (Å²) in [6, 6.07) is 18.7. The molecule has 2 aromatic carbocycles. The van der Waals surface area contributed by atoms with Crippen LogP contribution in [-0.4, -0.2) is 25.6 Å². The minimum Gasteiger partial charge on any atom is -0.325 e. The van der Waals surface area contributed by atoms with Gasteiger partial charge in [-0.25, -0.2) is 4.68 Å². The predicted octanol–water partition coefficient (Wildman–Crippen LogP) is 2.76. The summed E-state index contributed by atoms with van der Waals surface area (Å²) in [5, 5.41) is 6.90. The van der Waals surface area contributed by atoms with Crippen molar-refractivity contribution in [2.24, 2.45) is 0 Å². The fourth-order valence-electron chi connectivity index (χ4n) is 2.27. The molecule has 1 N–H and O–H groups in total. The first-order chi connectivity index (χ1) is 11.7. The lowest BCUT2D eigenvalue weighted by molar-refractivity contribution is -0.113. The Morgan fingerprint density at radius 2 is 1.79 bits per heavy atom. The second-order valence-corrected chi connectivity index (χ2v) is 6.72. The van der Waals surface area contributed by atoms with E-state index in [2.05, 4.69) is 10.4 Å². The van der Waals surface area contributed by atoms with Crippen LogP contribution in [-0.2, 0) is 21.3 Å². The van der Waals surface area contributed by atoms with Crippen molar-refractivity contribution in [1.82, 2.24) is 9.78 Å². The number of nitrogens with zero attached hydrogens (tertiary/aromatic N) is 2. The van der Waals surface area contributed by atoms with E-state index in [4.69, 9.17) is 0 Å². The summed E-state index contributed by atoms with van der Waals surface area (Å²) in [6.45, 7) is 0. The number of amides is 1. The molecule has 3 aromatic rings. The molecule has 1 atom stereocenters. The van der Waals surface area contributed by atoms with Crippen LogP contribution >= 0.6 is 0 Å². The number of nitrogens with one attached hydrogen (secondary N) is 1. The lowest BCUT2D eigenvalue weighted by atomic mass is 10.2. The average molecular weight is 339 g/mol. The summed E-state index contributed by atoms with van der Waals surface area (Å²) in [5.41, 5.74) is 2.58. The van der Waals surface area contributed by atoms with Crippen LogP contribution in [0.3, 0.4) is 0 Å². The molecule has 0 spiro atoms. The summed E-state index contributed by atoms with van der Waals surface area (Å²) >= 11 is 0. The molecule has 6 heteroatoms. The summed E-state index contributed by atoms with van der Waals surface area (Å²) in [4.78, 5) is 11.9. The normalized spacial score (nSPS) is 11.8. The number of carbonyl (C=O) groups is 1. The van der Waals surface area contributed by atoms with Crippen molar-refractivity contribution in [3.63, 3.8) is 0 Å². The molecule has 1 heterocycles. The van der Waals surface area contributed by atoms with Gasteiger partial charge < -0.3 is 5.32 Å². The van der Waals surface area contributed by atoms with E-state index in [1.165, 1.54) is 0 Å². The van der Waals surface area contributed by atoms with Crippen molar-refractivity contribution in [2.45, 2.75) is 5.75 Å². The zero-order chi connectivity index (χ0) is 16.8. The van der Waals surface area contributed by atoms with Gasteiger partial charge in [-0.3, -0.25) is 9.00 Å². The van der Waals surface area contributed by atoms with Crippen molar-refractivity contribution in [3.8, 4) is 5.69 Å². The van der Waals surface area contributed by atoms with Crippen LogP contribution in [0, 0.1) is 0 Å². The van der Waals surface area contributed by atoms with Crippen molar-refractivity contribution >= 4 is 22.4 Å². The van der Waals surface area contributed by atoms with Crippen LogP contribution in [0.4, 0.5) is 5.69 Å². The third-order valence-corrected chi connectivity index (χ3v) is 4.62. The monoisotopic (exact) mass is 339 g/mol. The number of carbonyl (C=O) groups excluding carboxylic acids is 1. The first-order valence-electron chi connectivity index (χ1n) is 7.49. The van der Waals surface area contributed by atoms with Gasteiger partial charge in [-0.2, -0.15) is 5.10 Å². The number of benzene rings is 2. The smallest absolute Gasteiger partial charge is 0.237 e. The Balaban J connectivity index is 1.54. The maximum Gasteiger partial charge on any atom is 0.237 e. The summed E-state index contributed by atoms with van der Waals surface area (Å²) in [6.07, 6.45) is 3.58. The summed E-state index contributed by atoms with van der Waals surface area (Å²) in [7, 11) is -1.25. The molecular formula is C18H17N3O2S. The van der Waals surface area contributed by atoms with E-state index in [0.29, 0.717) is 11.4 Å². The molecule has 24 heavy (non-hydrogen) atoms. The van der Waals surface area contributed by atoms with Crippen LogP contribution in [0.25, 0.3) is 5.69 Å². The Hall–Kier alpha value is -2.73. The Kier molecular flexibility index (Phi) is 5.18. The largest absolute Gasteiger partial charge is 0.325 e. The zero-order valence-electron chi connectivity index (χ0n) is 13.0. The molecular weight excluding hydrogens is 322 g/mol. The molecule has 0 saturated carbocycles. The number of hydrogen-bond acceptors (Lipinski definition) is 3. The van der Waals surface area contributed by atoms with E-state index in [0.717, 1.165) is 11.3 Å². The van der Waals surface area contributed by atoms with Crippen molar-refractivity contribution in [3.05, 3.63) is 78.6 Å². The van der Waals surface area contributed by atoms with E-state index in [1.807, 2.05) is 54.7 Å². The van der Waals surface area contributed by atoms with E-state index in [9.17, 15) is 9.00 Å². The Morgan fingerprint density at radius 1 is 1.04 bits per heavy atom. The highest BCUT2D eigenvalue weighted by atomic mass is 32.2. The highest BCUT2D eigenvalue weighted by molar-refractivity contribution is 7.84. The number of rotatable bonds is 6. The van der Waals surface area contributed by atoms with E-state index in [1.54, 1.807) is 23.0 Å². The molecule has 0 aliphatic rings. The third kappa shape index (κ3) is 4.39. The molecule has 0 saturated heterocycles. The lowest BCUT2D eigenvalue weighted by Gasteiger charge is -2.06. The molecule has 0 aliphatic heterocycles. The van der Waals surface area contributed by atoms with Crippen molar-refractivity contribution in [2.75, 3.05) is 11.1 Å². The molecule has 1 aromatic heterocycles. The van der Waals surface area contributed by atoms with Gasteiger partial charge in [-0.1, -0.05) is 30.3 Å². The third-order valence-electron chi connectivity index (χ3n) is 3.38. The van der Waals surface area contributed by atoms with Gasteiger partial charge in [-0.05, 0) is 35.9 Å².